The smallest absolute Gasteiger partial charge is 0.187 e. The second kappa shape index (κ2) is 5.57. The zero-order chi connectivity index (χ0) is 13.2. The van der Waals surface area contributed by atoms with E-state index < -0.39 is 0 Å². The van der Waals surface area contributed by atoms with Gasteiger partial charge < -0.3 is 9.64 Å². The highest BCUT2D eigenvalue weighted by Crippen LogP contribution is 2.33. The number of rotatable bonds is 2. The van der Waals surface area contributed by atoms with E-state index in [1.54, 1.807) is 11.3 Å². The first kappa shape index (κ1) is 13.0. The Hall–Kier alpha value is -0.970. The molecule has 0 radical (unpaired) electrons. The lowest BCUT2D eigenvalue weighted by atomic mass is 10.2. The van der Waals surface area contributed by atoms with Crippen LogP contribution in [-0.2, 0) is 12.4 Å². The number of benzene rings is 1. The lowest BCUT2D eigenvalue weighted by molar-refractivity contribution is 0.331. The van der Waals surface area contributed by atoms with Crippen molar-refractivity contribution in [2.75, 3.05) is 18.1 Å². The second-order valence-corrected chi connectivity index (χ2v) is 5.91. The fourth-order valence-electron chi connectivity index (χ4n) is 2.03. The summed E-state index contributed by atoms with van der Waals surface area (Å²) < 4.78 is 5.74. The normalized spacial score (nSPS) is 14.7. The highest BCUT2D eigenvalue weighted by molar-refractivity contribution is 7.16. The Balaban J connectivity index is 1.89. The maximum Gasteiger partial charge on any atom is 0.187 e. The van der Waals surface area contributed by atoms with Crippen LogP contribution in [0.5, 0.6) is 5.75 Å². The molecule has 0 saturated carbocycles. The highest BCUT2D eigenvalue weighted by atomic mass is 35.5. The van der Waals surface area contributed by atoms with Crippen molar-refractivity contribution < 1.29 is 4.74 Å². The Morgan fingerprint density at radius 1 is 1.37 bits per heavy atom. The molecule has 6 heteroatoms. The van der Waals surface area contributed by atoms with Gasteiger partial charge >= 0.3 is 0 Å². The van der Waals surface area contributed by atoms with Crippen LogP contribution in [0.1, 0.15) is 10.4 Å². The van der Waals surface area contributed by atoms with Crippen molar-refractivity contribution in [3.05, 3.63) is 39.9 Å². The third-order valence-corrected chi connectivity index (χ3v) is 4.95. The van der Waals surface area contributed by atoms with Crippen LogP contribution in [0.25, 0.3) is 0 Å². The van der Waals surface area contributed by atoms with E-state index in [-0.39, 0.29) is 0 Å². The van der Waals surface area contributed by atoms with E-state index in [1.165, 1.54) is 5.56 Å². The molecule has 2 aromatic rings. The van der Waals surface area contributed by atoms with Gasteiger partial charge in [-0.3, -0.25) is 0 Å². The Kier molecular flexibility index (Phi) is 3.82. The van der Waals surface area contributed by atoms with E-state index >= 15 is 0 Å². The molecule has 1 aromatic heterocycles. The molecule has 0 bridgehead atoms. The predicted molar refractivity (Wildman–Crippen MR) is 79.7 cm³/mol. The van der Waals surface area contributed by atoms with Crippen molar-refractivity contribution in [3.63, 3.8) is 0 Å². The molecule has 0 atom stereocenters. The third kappa shape index (κ3) is 2.66. The van der Waals surface area contributed by atoms with Crippen LogP contribution in [-0.4, -0.2) is 18.1 Å². The van der Waals surface area contributed by atoms with Crippen molar-refractivity contribution in [1.29, 1.82) is 0 Å². The number of anilines is 1. The van der Waals surface area contributed by atoms with Gasteiger partial charge in [0.25, 0.3) is 0 Å². The van der Waals surface area contributed by atoms with Crippen molar-refractivity contribution in [3.8, 4) is 5.75 Å². The van der Waals surface area contributed by atoms with Gasteiger partial charge in [0.15, 0.2) is 5.13 Å². The number of thiazole rings is 1. The van der Waals surface area contributed by atoms with E-state index in [4.69, 9.17) is 27.9 Å². The van der Waals surface area contributed by atoms with E-state index in [9.17, 15) is 0 Å². The maximum absolute atomic E-state index is 6.06. The topological polar surface area (TPSA) is 25.4 Å². The number of aromatic nitrogens is 1. The summed E-state index contributed by atoms with van der Waals surface area (Å²) in [6, 6.07) is 8.08. The Morgan fingerprint density at radius 3 is 3.00 bits per heavy atom. The Labute approximate surface area is 125 Å². The fraction of sp³-hybridized carbons (Fsp3) is 0.308. The SMILES string of the molecule is ClCc1sc(N2CCOc3ccccc3C2)nc1Cl. The van der Waals surface area contributed by atoms with Gasteiger partial charge in [0.2, 0.25) is 0 Å². The zero-order valence-electron chi connectivity index (χ0n) is 10.1. The van der Waals surface area contributed by atoms with Crippen molar-refractivity contribution in [1.82, 2.24) is 4.98 Å². The average Bonchev–Trinajstić information content (AvgIpc) is 2.68. The van der Waals surface area contributed by atoms with E-state index in [0.717, 1.165) is 28.8 Å². The minimum atomic E-state index is 0.400. The van der Waals surface area contributed by atoms with Gasteiger partial charge in [-0.15, -0.1) is 11.6 Å². The van der Waals surface area contributed by atoms with E-state index in [2.05, 4.69) is 16.0 Å². The first-order chi connectivity index (χ1) is 9.28. The van der Waals surface area contributed by atoms with Gasteiger partial charge in [0, 0.05) is 12.1 Å². The number of para-hydroxylation sites is 1. The minimum absolute atomic E-state index is 0.400. The largest absolute Gasteiger partial charge is 0.491 e. The predicted octanol–water partition coefficient (Wildman–Crippen LogP) is 3.93. The number of fused-ring (bicyclic) bond motifs is 1. The molecule has 1 aliphatic heterocycles. The van der Waals surface area contributed by atoms with Gasteiger partial charge in [0.1, 0.15) is 17.5 Å². The third-order valence-electron chi connectivity index (χ3n) is 2.98. The Bertz CT molecular complexity index is 588. The second-order valence-electron chi connectivity index (χ2n) is 4.22. The molecule has 0 aliphatic carbocycles. The quantitative estimate of drug-likeness (QED) is 0.785. The van der Waals surface area contributed by atoms with Crippen LogP contribution >= 0.6 is 34.5 Å². The van der Waals surface area contributed by atoms with Gasteiger partial charge in [-0.05, 0) is 6.07 Å². The number of halogens is 2. The van der Waals surface area contributed by atoms with E-state index in [1.807, 2.05) is 18.2 Å². The molecule has 19 heavy (non-hydrogen) atoms. The highest BCUT2D eigenvalue weighted by Gasteiger charge is 2.19. The molecule has 0 saturated heterocycles. The minimum Gasteiger partial charge on any atom is -0.491 e. The molecule has 100 valence electrons. The standard InChI is InChI=1S/C13H12Cl2N2OS/c14-7-11-12(15)16-13(19-11)17-5-6-18-10-4-2-1-3-9(10)8-17/h1-4H,5-8H2. The van der Waals surface area contributed by atoms with Crippen molar-refractivity contribution >= 4 is 39.7 Å². The number of alkyl halides is 1. The number of hydrogen-bond donors (Lipinski definition) is 0. The molecule has 1 aliphatic rings. The maximum atomic E-state index is 6.06. The summed E-state index contributed by atoms with van der Waals surface area (Å²) in [6.07, 6.45) is 0. The summed E-state index contributed by atoms with van der Waals surface area (Å²) >= 11 is 13.4. The number of ether oxygens (including phenoxy) is 1. The number of hydrogen-bond acceptors (Lipinski definition) is 4. The van der Waals surface area contributed by atoms with Crippen LogP contribution < -0.4 is 9.64 Å². The fourth-order valence-corrected chi connectivity index (χ4v) is 3.53. The summed E-state index contributed by atoms with van der Waals surface area (Å²) in [5.41, 5.74) is 1.17. The Morgan fingerprint density at radius 2 is 2.21 bits per heavy atom. The molecule has 2 heterocycles. The lowest BCUT2D eigenvalue weighted by Gasteiger charge is -2.18. The van der Waals surface area contributed by atoms with Crippen molar-refractivity contribution in [2.45, 2.75) is 12.4 Å². The summed E-state index contributed by atoms with van der Waals surface area (Å²) in [6.45, 7) is 2.21. The monoisotopic (exact) mass is 314 g/mol. The molecular weight excluding hydrogens is 303 g/mol. The summed E-state index contributed by atoms with van der Waals surface area (Å²) in [5, 5.41) is 1.41. The lowest BCUT2D eigenvalue weighted by Crippen LogP contribution is -2.24. The van der Waals surface area contributed by atoms with Gasteiger partial charge in [0.05, 0.1) is 17.3 Å². The first-order valence-electron chi connectivity index (χ1n) is 5.95. The van der Waals surface area contributed by atoms with Crippen LogP contribution in [0, 0.1) is 0 Å². The summed E-state index contributed by atoms with van der Waals surface area (Å²) in [4.78, 5) is 7.48. The number of nitrogens with zero attached hydrogens (tertiary/aromatic N) is 2. The van der Waals surface area contributed by atoms with Crippen LogP contribution in [0.3, 0.4) is 0 Å². The van der Waals surface area contributed by atoms with Crippen LogP contribution in [0.2, 0.25) is 5.15 Å². The molecule has 1 aromatic carbocycles. The molecule has 0 spiro atoms. The molecular formula is C13H12Cl2N2OS. The first-order valence-corrected chi connectivity index (χ1v) is 7.67. The molecule has 3 nitrogen and oxygen atoms in total. The summed E-state index contributed by atoms with van der Waals surface area (Å²) in [7, 11) is 0. The molecule has 0 unspecified atom stereocenters. The van der Waals surface area contributed by atoms with Crippen molar-refractivity contribution in [2.24, 2.45) is 0 Å². The van der Waals surface area contributed by atoms with Crippen LogP contribution in [0.15, 0.2) is 24.3 Å². The molecule has 0 N–H and O–H groups in total. The zero-order valence-corrected chi connectivity index (χ0v) is 12.4. The van der Waals surface area contributed by atoms with Crippen LogP contribution in [0.4, 0.5) is 5.13 Å². The molecule has 0 amide bonds. The van der Waals surface area contributed by atoms with Gasteiger partial charge in [-0.2, -0.15) is 0 Å². The van der Waals surface area contributed by atoms with E-state index in [0.29, 0.717) is 17.6 Å². The summed E-state index contributed by atoms with van der Waals surface area (Å²) in [5.74, 6) is 1.35. The van der Waals surface area contributed by atoms with Gasteiger partial charge in [-0.25, -0.2) is 4.98 Å². The van der Waals surface area contributed by atoms with Gasteiger partial charge in [-0.1, -0.05) is 41.1 Å². The molecule has 0 fully saturated rings. The average molecular weight is 315 g/mol. The molecule has 3 rings (SSSR count).